The molecule has 1 atom stereocenters. The van der Waals surface area contributed by atoms with Crippen LogP contribution in [0.2, 0.25) is 0 Å². The largest absolute Gasteiger partial charge is 0.476 e. The number of aldehydes is 1. The van der Waals surface area contributed by atoms with Crippen molar-refractivity contribution < 1.29 is 35.9 Å². The maximum Gasteiger partial charge on any atom is 0.394 e. The Labute approximate surface area is 273 Å². The Kier molecular flexibility index (Phi) is 10.0. The lowest BCUT2D eigenvalue weighted by Crippen LogP contribution is -2.53. The van der Waals surface area contributed by atoms with Crippen LogP contribution in [0.25, 0.3) is 11.3 Å². The Balaban J connectivity index is 1.45. The highest BCUT2D eigenvalue weighted by Gasteiger charge is 2.63. The van der Waals surface area contributed by atoms with Crippen molar-refractivity contribution in [3.05, 3.63) is 65.2 Å². The molecule has 47 heavy (non-hydrogen) atoms. The molecule has 2 fully saturated rings. The Morgan fingerprint density at radius 1 is 1.06 bits per heavy atom. The van der Waals surface area contributed by atoms with Gasteiger partial charge in [-0.2, -0.15) is 18.2 Å². The zero-order valence-corrected chi connectivity index (χ0v) is 28.0. The highest BCUT2D eigenvalue weighted by atomic mass is 32.2. The minimum absolute atomic E-state index is 0.0156. The zero-order chi connectivity index (χ0) is 34.1. The predicted octanol–water partition coefficient (Wildman–Crippen LogP) is 6.74. The number of carbonyl (C=O) groups excluding carboxylic acids is 1. The van der Waals surface area contributed by atoms with E-state index in [0.717, 1.165) is 16.7 Å². The van der Waals surface area contributed by atoms with Crippen LogP contribution in [-0.2, 0) is 14.8 Å². The molecule has 1 heterocycles. The summed E-state index contributed by atoms with van der Waals surface area (Å²) in [6, 6.07) is 12.2. The normalized spacial score (nSPS) is 19.7. The molecule has 0 saturated heterocycles. The van der Waals surface area contributed by atoms with Crippen molar-refractivity contribution in [2.45, 2.75) is 95.2 Å². The molecule has 9 nitrogen and oxygen atoms in total. The van der Waals surface area contributed by atoms with Crippen molar-refractivity contribution in [3.63, 3.8) is 0 Å². The lowest BCUT2D eigenvalue weighted by Gasteiger charge is -2.45. The van der Waals surface area contributed by atoms with Gasteiger partial charge in [0.05, 0.1) is 28.2 Å². The van der Waals surface area contributed by atoms with Gasteiger partial charge in [0, 0.05) is 29.3 Å². The van der Waals surface area contributed by atoms with Crippen LogP contribution in [0.15, 0.2) is 53.4 Å². The standard InChI is InChI=1S/C34H41F3N4O5S/c1-21(2)46-27-15-25(16-27)41(5)26(18-33(12-13-33)34(35,36)37)20-45-30-17-29(31-22(3)8-6-9-23(31)4)38-32(39-30)40-47(43,44)28-11-7-10-24(14-28)19-42/h6-11,14,17,19,21,25-27H,12-13,15-16,18,20H2,1-5H3,(H,38,39,40)/t25?,26-,27?/m1/s1. The van der Waals surface area contributed by atoms with E-state index >= 15 is 0 Å². The van der Waals surface area contributed by atoms with Crippen LogP contribution < -0.4 is 9.46 Å². The SMILES string of the molecule is Cc1cccc(C)c1-c1cc(OC[C@@H](CC2(C(F)(F)F)CC2)N(C)C2CC(OC(C)C)C2)nc(NS(=O)(=O)c2cccc(C=O)c2)n1. The van der Waals surface area contributed by atoms with Crippen LogP contribution in [-0.4, -0.2) is 73.7 Å². The molecule has 3 aromatic rings. The third-order valence-electron chi connectivity index (χ3n) is 9.16. The monoisotopic (exact) mass is 674 g/mol. The fourth-order valence-electron chi connectivity index (χ4n) is 6.20. The number of aromatic nitrogens is 2. The van der Waals surface area contributed by atoms with Crippen LogP contribution in [0.1, 0.15) is 67.4 Å². The first-order valence-corrected chi connectivity index (χ1v) is 17.2. The van der Waals surface area contributed by atoms with Crippen LogP contribution in [0.3, 0.4) is 0 Å². The number of nitrogens with zero attached hydrogens (tertiary/aromatic N) is 3. The predicted molar refractivity (Wildman–Crippen MR) is 172 cm³/mol. The van der Waals surface area contributed by atoms with Crippen molar-refractivity contribution in [2.75, 3.05) is 18.4 Å². The number of hydrogen-bond donors (Lipinski definition) is 1. The molecule has 1 N–H and O–H groups in total. The topological polar surface area (TPSA) is 111 Å². The number of anilines is 1. The van der Waals surface area contributed by atoms with E-state index in [9.17, 15) is 26.4 Å². The first kappa shape index (κ1) is 34.8. The van der Waals surface area contributed by atoms with Crippen LogP contribution in [0, 0.1) is 19.3 Å². The highest BCUT2D eigenvalue weighted by Crippen LogP contribution is 2.61. The average molecular weight is 675 g/mol. The van der Waals surface area contributed by atoms with Crippen molar-refractivity contribution in [1.82, 2.24) is 14.9 Å². The average Bonchev–Trinajstić information content (AvgIpc) is 3.77. The smallest absolute Gasteiger partial charge is 0.394 e. The maximum atomic E-state index is 14.1. The Hall–Kier alpha value is -3.55. The second kappa shape index (κ2) is 13.5. The van der Waals surface area contributed by atoms with Gasteiger partial charge in [-0.1, -0.05) is 30.3 Å². The molecule has 1 aromatic heterocycles. The molecule has 13 heteroatoms. The number of rotatable bonds is 14. The minimum atomic E-state index is -4.33. The van der Waals surface area contributed by atoms with E-state index in [0.29, 0.717) is 24.8 Å². The van der Waals surface area contributed by atoms with Crippen LogP contribution in [0.5, 0.6) is 5.88 Å². The van der Waals surface area contributed by atoms with Gasteiger partial charge >= 0.3 is 6.18 Å². The molecule has 2 saturated carbocycles. The molecule has 2 aromatic carbocycles. The van der Waals surface area contributed by atoms with Gasteiger partial charge in [-0.3, -0.25) is 9.69 Å². The molecule has 0 bridgehead atoms. The number of alkyl halides is 3. The lowest BCUT2D eigenvalue weighted by molar-refractivity contribution is -0.194. The number of carbonyl (C=O) groups is 1. The van der Waals surface area contributed by atoms with Crippen LogP contribution >= 0.6 is 0 Å². The summed E-state index contributed by atoms with van der Waals surface area (Å²) in [4.78, 5) is 21.9. The summed E-state index contributed by atoms with van der Waals surface area (Å²) >= 11 is 0. The molecule has 0 spiro atoms. The number of aryl methyl sites for hydroxylation is 2. The summed E-state index contributed by atoms with van der Waals surface area (Å²) in [6.07, 6.45) is -2.20. The zero-order valence-electron chi connectivity index (χ0n) is 27.2. The molecule has 0 aliphatic heterocycles. The fourth-order valence-corrected chi connectivity index (χ4v) is 7.20. The number of sulfonamides is 1. The summed E-state index contributed by atoms with van der Waals surface area (Å²) < 4.78 is 83.4. The van der Waals surface area contributed by atoms with Gasteiger partial charge < -0.3 is 9.47 Å². The van der Waals surface area contributed by atoms with Gasteiger partial charge in [-0.15, -0.1) is 0 Å². The molecule has 0 amide bonds. The first-order valence-electron chi connectivity index (χ1n) is 15.7. The Morgan fingerprint density at radius 2 is 1.72 bits per heavy atom. The summed E-state index contributed by atoms with van der Waals surface area (Å²) in [5.74, 6) is -0.259. The van der Waals surface area contributed by atoms with Gasteiger partial charge in [0.1, 0.15) is 12.9 Å². The van der Waals surface area contributed by atoms with Crippen LogP contribution in [0.4, 0.5) is 19.1 Å². The Morgan fingerprint density at radius 3 is 2.32 bits per heavy atom. The summed E-state index contributed by atoms with van der Waals surface area (Å²) in [6.45, 7) is 7.60. The van der Waals surface area contributed by atoms with Crippen molar-refractivity contribution in [3.8, 4) is 17.1 Å². The minimum Gasteiger partial charge on any atom is -0.476 e. The van der Waals surface area contributed by atoms with E-state index in [1.54, 1.807) is 6.07 Å². The van der Waals surface area contributed by atoms with E-state index in [2.05, 4.69) is 14.7 Å². The number of benzene rings is 2. The molecule has 2 aliphatic rings. The van der Waals surface area contributed by atoms with Gasteiger partial charge in [-0.25, -0.2) is 18.1 Å². The third kappa shape index (κ3) is 7.95. The summed E-state index contributed by atoms with van der Waals surface area (Å²) in [5, 5.41) is 0. The second-order valence-electron chi connectivity index (χ2n) is 13.0. The highest BCUT2D eigenvalue weighted by molar-refractivity contribution is 7.92. The van der Waals surface area contributed by atoms with Gasteiger partial charge in [-0.05, 0) is 90.1 Å². The summed E-state index contributed by atoms with van der Waals surface area (Å²) in [5.41, 5.74) is 1.32. The fraction of sp³-hybridized carbons (Fsp3) is 0.500. The molecule has 5 rings (SSSR count). The number of ether oxygens (including phenoxy) is 2. The van der Waals surface area contributed by atoms with Crippen molar-refractivity contribution in [1.29, 1.82) is 0 Å². The summed E-state index contributed by atoms with van der Waals surface area (Å²) in [7, 11) is -2.39. The van der Waals surface area contributed by atoms with Gasteiger partial charge in [0.25, 0.3) is 10.0 Å². The number of likely N-dealkylation sites (N-methyl/N-ethyl adjacent to an activating group) is 1. The lowest BCUT2D eigenvalue weighted by atomic mass is 9.85. The Bertz CT molecular complexity index is 1690. The molecular formula is C34H41F3N4O5S. The molecule has 2 aliphatic carbocycles. The van der Waals surface area contributed by atoms with Crippen molar-refractivity contribution in [2.24, 2.45) is 5.41 Å². The number of halogens is 3. The molecule has 0 unspecified atom stereocenters. The number of nitrogens with one attached hydrogen (secondary N) is 1. The second-order valence-corrected chi connectivity index (χ2v) is 14.7. The van der Waals surface area contributed by atoms with E-state index in [1.165, 1.54) is 24.3 Å². The third-order valence-corrected chi connectivity index (χ3v) is 10.5. The van der Waals surface area contributed by atoms with E-state index in [1.807, 2.05) is 57.8 Å². The molecule has 254 valence electrons. The van der Waals surface area contributed by atoms with E-state index in [-0.39, 0.29) is 66.4 Å². The van der Waals surface area contributed by atoms with Gasteiger partial charge in [0.15, 0.2) is 0 Å². The number of hydrogen-bond acceptors (Lipinski definition) is 8. The quantitative estimate of drug-likeness (QED) is 0.187. The first-order chi connectivity index (χ1) is 22.1. The maximum absolute atomic E-state index is 14.1. The van der Waals surface area contributed by atoms with Gasteiger partial charge in [0.2, 0.25) is 11.8 Å². The van der Waals surface area contributed by atoms with E-state index in [4.69, 9.17) is 9.47 Å². The van der Waals surface area contributed by atoms with E-state index < -0.39 is 27.7 Å². The molecule has 0 radical (unpaired) electrons. The molecular weight excluding hydrogens is 633 g/mol. The van der Waals surface area contributed by atoms with Crippen molar-refractivity contribution >= 4 is 22.3 Å².